The van der Waals surface area contributed by atoms with E-state index in [1.165, 1.54) is 0 Å². The summed E-state index contributed by atoms with van der Waals surface area (Å²) < 4.78 is 25.3. The van der Waals surface area contributed by atoms with Crippen molar-refractivity contribution in [3.05, 3.63) is 47.1 Å². The van der Waals surface area contributed by atoms with Crippen LogP contribution in [0.2, 0.25) is 0 Å². The van der Waals surface area contributed by atoms with Gasteiger partial charge < -0.3 is 34.3 Å². The van der Waals surface area contributed by atoms with Crippen LogP contribution in [0.3, 0.4) is 0 Å². The zero-order valence-electron chi connectivity index (χ0n) is 24.4. The zero-order valence-corrected chi connectivity index (χ0v) is 24.4. The molecule has 4 aliphatic heterocycles. The van der Waals surface area contributed by atoms with E-state index in [1.807, 2.05) is 26.0 Å². The molecule has 4 heterocycles. The van der Waals surface area contributed by atoms with Crippen LogP contribution in [0, 0.1) is 17.8 Å². The normalized spacial score (nSPS) is 46.2. The lowest BCUT2D eigenvalue weighted by Crippen LogP contribution is -2.58. The third-order valence-electron chi connectivity index (χ3n) is 9.77. The molecule has 0 aromatic heterocycles. The Bertz CT molecular complexity index is 1090. The Morgan fingerprint density at radius 2 is 1.85 bits per heavy atom. The average Bonchev–Trinajstić information content (AvgIpc) is 3.26. The first-order valence-corrected chi connectivity index (χ1v) is 15.0. The van der Waals surface area contributed by atoms with Gasteiger partial charge in [0, 0.05) is 25.2 Å². The number of allylic oxidation sites excluding steroid dienone is 2. The highest BCUT2D eigenvalue weighted by atomic mass is 16.7. The molecule has 0 radical (unpaired) electrons. The quantitative estimate of drug-likeness (QED) is 0.328. The zero-order chi connectivity index (χ0) is 28.8. The second kappa shape index (κ2) is 11.5. The minimum Gasteiger partial charge on any atom is -0.462 e. The molecule has 0 amide bonds. The number of carbonyl (C=O) groups excluding carboxylic acids is 1. The van der Waals surface area contributed by atoms with E-state index in [-0.39, 0.29) is 24.7 Å². The lowest BCUT2D eigenvalue weighted by Gasteiger charge is -2.50. The summed E-state index contributed by atoms with van der Waals surface area (Å²) in [5.41, 5.74) is 0.159. The van der Waals surface area contributed by atoms with Crippen LogP contribution in [-0.2, 0) is 23.7 Å². The van der Waals surface area contributed by atoms with Crippen molar-refractivity contribution < 1.29 is 39.1 Å². The SMILES string of the molecule is CCC1OC2(CCC1C)CC1CC(CC=C(C)C(O)C(C)C=CC=C3COC4C(O)C(C)=CC(C(=O)O1)C34O)O2. The van der Waals surface area contributed by atoms with Gasteiger partial charge in [0.05, 0.1) is 24.9 Å². The number of hydrogen-bond donors (Lipinski definition) is 3. The predicted octanol–water partition coefficient (Wildman–Crippen LogP) is 3.90. The molecular formula is C32H46O8. The molecule has 3 N–H and O–H groups in total. The van der Waals surface area contributed by atoms with E-state index in [4.69, 9.17) is 18.9 Å². The van der Waals surface area contributed by atoms with E-state index < -0.39 is 47.7 Å². The number of aliphatic hydroxyl groups excluding tert-OH is 2. The first kappa shape index (κ1) is 29.7. The van der Waals surface area contributed by atoms with Crippen LogP contribution in [0.15, 0.2) is 47.1 Å². The molecular weight excluding hydrogens is 512 g/mol. The molecule has 11 unspecified atom stereocenters. The Kier molecular flexibility index (Phi) is 8.50. The number of hydrogen-bond acceptors (Lipinski definition) is 8. The Hall–Kier alpha value is -1.81. The molecule has 8 heteroatoms. The van der Waals surface area contributed by atoms with Gasteiger partial charge in [-0.2, -0.15) is 0 Å². The fourth-order valence-corrected chi connectivity index (χ4v) is 7.18. The second-order valence-corrected chi connectivity index (χ2v) is 12.7. The highest BCUT2D eigenvalue weighted by Crippen LogP contribution is 2.47. The molecule has 8 nitrogen and oxygen atoms in total. The third kappa shape index (κ3) is 5.39. The number of esters is 1. The van der Waals surface area contributed by atoms with Crippen molar-refractivity contribution in [2.45, 2.75) is 121 Å². The van der Waals surface area contributed by atoms with Crippen molar-refractivity contribution in [2.75, 3.05) is 6.61 Å². The Morgan fingerprint density at radius 1 is 1.07 bits per heavy atom. The van der Waals surface area contributed by atoms with Gasteiger partial charge in [-0.25, -0.2) is 0 Å². The van der Waals surface area contributed by atoms with Crippen LogP contribution in [0.5, 0.6) is 0 Å². The molecule has 40 heavy (non-hydrogen) atoms. The smallest absolute Gasteiger partial charge is 0.316 e. The molecule has 0 aromatic rings. The topological polar surface area (TPSA) is 115 Å². The predicted molar refractivity (Wildman–Crippen MR) is 149 cm³/mol. The van der Waals surface area contributed by atoms with Gasteiger partial charge in [-0.1, -0.05) is 51.2 Å². The summed E-state index contributed by atoms with van der Waals surface area (Å²) in [5, 5.41) is 33.9. The van der Waals surface area contributed by atoms with Crippen molar-refractivity contribution >= 4 is 5.97 Å². The molecule has 5 rings (SSSR count). The standard InChI is InChI=1S/C32H46O8/c1-6-26-18(2)12-13-31(40-26)16-24-15-23(39-31)11-10-20(4)27(33)19(3)8-7-9-22-17-37-29-28(34)21(5)14-25(30(35)38-24)32(22,29)36/h7-10,14,18-19,23-29,33-34,36H,6,11-13,15-17H2,1-5H3. The summed E-state index contributed by atoms with van der Waals surface area (Å²) in [7, 11) is 0. The van der Waals surface area contributed by atoms with E-state index >= 15 is 0 Å². The number of rotatable bonds is 1. The monoisotopic (exact) mass is 558 g/mol. The van der Waals surface area contributed by atoms with Gasteiger partial charge in [-0.3, -0.25) is 4.79 Å². The molecule has 3 saturated heterocycles. The van der Waals surface area contributed by atoms with Gasteiger partial charge in [0.1, 0.15) is 29.8 Å². The molecule has 0 aromatic carbocycles. The third-order valence-corrected chi connectivity index (χ3v) is 9.77. The minimum atomic E-state index is -1.75. The number of carbonyl (C=O) groups is 1. The van der Waals surface area contributed by atoms with Gasteiger partial charge >= 0.3 is 5.97 Å². The maximum Gasteiger partial charge on any atom is 0.316 e. The molecule has 3 fully saturated rings. The largest absolute Gasteiger partial charge is 0.462 e. The summed E-state index contributed by atoms with van der Waals surface area (Å²) in [6.45, 7) is 9.98. The molecule has 11 atom stereocenters. The first-order valence-electron chi connectivity index (χ1n) is 15.0. The van der Waals surface area contributed by atoms with Gasteiger partial charge in [0.25, 0.3) is 0 Å². The minimum absolute atomic E-state index is 0.0589. The molecule has 1 aliphatic carbocycles. The second-order valence-electron chi connectivity index (χ2n) is 12.7. The van der Waals surface area contributed by atoms with Gasteiger partial charge in [0.2, 0.25) is 0 Å². The van der Waals surface area contributed by atoms with Crippen molar-refractivity contribution in [3.8, 4) is 0 Å². The van der Waals surface area contributed by atoms with E-state index in [1.54, 1.807) is 25.2 Å². The van der Waals surface area contributed by atoms with E-state index in [2.05, 4.69) is 13.8 Å². The fraction of sp³-hybridized carbons (Fsp3) is 0.719. The lowest BCUT2D eigenvalue weighted by molar-refractivity contribution is -0.335. The number of fused-ring (bicyclic) bond motifs is 2. The van der Waals surface area contributed by atoms with Crippen LogP contribution in [0.4, 0.5) is 0 Å². The van der Waals surface area contributed by atoms with Gasteiger partial charge in [-0.05, 0) is 55.7 Å². The Labute approximate surface area is 237 Å². The summed E-state index contributed by atoms with van der Waals surface area (Å²) in [5.74, 6) is -2.20. The van der Waals surface area contributed by atoms with Crippen LogP contribution >= 0.6 is 0 Å². The maximum absolute atomic E-state index is 13.9. The summed E-state index contributed by atoms with van der Waals surface area (Å²) in [6, 6.07) is 0. The fourth-order valence-electron chi connectivity index (χ4n) is 7.18. The van der Waals surface area contributed by atoms with Gasteiger partial charge in [-0.15, -0.1) is 0 Å². The maximum atomic E-state index is 13.9. The Balaban J connectivity index is 1.53. The lowest BCUT2D eigenvalue weighted by atomic mass is 9.71. The molecule has 2 bridgehead atoms. The van der Waals surface area contributed by atoms with E-state index in [0.717, 1.165) is 18.4 Å². The Morgan fingerprint density at radius 3 is 2.60 bits per heavy atom. The molecule has 1 spiro atoms. The molecule has 0 saturated carbocycles. The van der Waals surface area contributed by atoms with Crippen molar-refractivity contribution in [3.63, 3.8) is 0 Å². The highest BCUT2D eigenvalue weighted by Gasteiger charge is 2.60. The summed E-state index contributed by atoms with van der Waals surface area (Å²) in [6.07, 6.45) is 9.65. The average molecular weight is 559 g/mol. The van der Waals surface area contributed by atoms with E-state index in [9.17, 15) is 20.1 Å². The first-order chi connectivity index (χ1) is 19.0. The van der Waals surface area contributed by atoms with E-state index in [0.29, 0.717) is 42.7 Å². The molecule has 222 valence electrons. The number of ether oxygens (including phenoxy) is 4. The van der Waals surface area contributed by atoms with Gasteiger partial charge in [0.15, 0.2) is 5.79 Å². The van der Waals surface area contributed by atoms with Crippen molar-refractivity contribution in [1.82, 2.24) is 0 Å². The summed E-state index contributed by atoms with van der Waals surface area (Å²) >= 11 is 0. The highest BCUT2D eigenvalue weighted by molar-refractivity contribution is 5.78. The van der Waals surface area contributed by atoms with Crippen LogP contribution in [-0.4, -0.2) is 75.9 Å². The number of aliphatic hydroxyl groups is 3. The van der Waals surface area contributed by atoms with Crippen LogP contribution in [0.25, 0.3) is 0 Å². The summed E-state index contributed by atoms with van der Waals surface area (Å²) in [4.78, 5) is 13.9. The van der Waals surface area contributed by atoms with Crippen molar-refractivity contribution in [2.24, 2.45) is 17.8 Å². The molecule has 5 aliphatic rings. The van der Waals surface area contributed by atoms with Crippen molar-refractivity contribution in [1.29, 1.82) is 0 Å². The van der Waals surface area contributed by atoms with Crippen LogP contribution in [0.1, 0.15) is 73.1 Å². The van der Waals surface area contributed by atoms with Crippen LogP contribution < -0.4 is 0 Å².